The van der Waals surface area contributed by atoms with Crippen molar-refractivity contribution in [1.29, 1.82) is 0 Å². The molecule has 0 amide bonds. The second kappa shape index (κ2) is 11.4. The van der Waals surface area contributed by atoms with Gasteiger partial charge in [0.15, 0.2) is 0 Å². The van der Waals surface area contributed by atoms with Gasteiger partial charge in [0.05, 0.1) is 22.4 Å². The summed E-state index contributed by atoms with van der Waals surface area (Å²) in [5.74, 6) is 0. The van der Waals surface area contributed by atoms with Crippen molar-refractivity contribution in [3.8, 4) is 22.5 Å². The van der Waals surface area contributed by atoms with Crippen molar-refractivity contribution in [3.05, 3.63) is 109 Å². The standard InChI is InChI=1S/C42H38N4/c1-7-23-45(24-8-1)31-17-19-33-35(27-31)41(39-21-15-29-11-3-5-13-37(29)43-39)34-20-18-32(46-25-9-2-10-26-46)28-36(34)42(33)40-22-16-30-12-4-6-14-38(30)44-40/h3-6,11-22,27-28H,1-2,7-10,23-26H2. The van der Waals surface area contributed by atoms with Crippen LogP contribution in [0.5, 0.6) is 0 Å². The quantitative estimate of drug-likeness (QED) is 0.189. The lowest BCUT2D eigenvalue weighted by molar-refractivity contribution is 0.578. The zero-order valence-corrected chi connectivity index (χ0v) is 26.3. The normalized spacial score (nSPS) is 15.7. The van der Waals surface area contributed by atoms with E-state index in [0.29, 0.717) is 0 Å². The van der Waals surface area contributed by atoms with Crippen LogP contribution in [0, 0.1) is 0 Å². The van der Waals surface area contributed by atoms with Gasteiger partial charge in [-0.2, -0.15) is 0 Å². The molecule has 2 fully saturated rings. The number of pyridine rings is 2. The first-order valence-electron chi connectivity index (χ1n) is 17.1. The maximum absolute atomic E-state index is 5.30. The molecule has 2 aliphatic heterocycles. The van der Waals surface area contributed by atoms with Crippen LogP contribution >= 0.6 is 0 Å². The third kappa shape index (κ3) is 4.75. The Labute approximate surface area is 270 Å². The van der Waals surface area contributed by atoms with Crippen LogP contribution < -0.4 is 9.80 Å². The van der Waals surface area contributed by atoms with E-state index in [0.717, 1.165) is 48.6 Å². The molecule has 4 heterocycles. The molecule has 46 heavy (non-hydrogen) atoms. The van der Waals surface area contributed by atoms with E-state index in [4.69, 9.17) is 9.97 Å². The predicted molar refractivity (Wildman–Crippen MR) is 195 cm³/mol. The highest BCUT2D eigenvalue weighted by Crippen LogP contribution is 2.46. The molecule has 0 radical (unpaired) electrons. The molecule has 0 saturated carbocycles. The van der Waals surface area contributed by atoms with Gasteiger partial charge in [-0.1, -0.05) is 60.7 Å². The largest absolute Gasteiger partial charge is 0.372 e. The van der Waals surface area contributed by atoms with E-state index in [2.05, 4.69) is 119 Å². The van der Waals surface area contributed by atoms with Crippen molar-refractivity contribution >= 4 is 54.7 Å². The Hall–Kier alpha value is -4.96. The van der Waals surface area contributed by atoms with Gasteiger partial charge in [-0.15, -0.1) is 0 Å². The number of fused-ring (bicyclic) bond motifs is 4. The summed E-state index contributed by atoms with van der Waals surface area (Å²) < 4.78 is 0. The minimum Gasteiger partial charge on any atom is -0.372 e. The van der Waals surface area contributed by atoms with E-state index in [-0.39, 0.29) is 0 Å². The Morgan fingerprint density at radius 3 is 1.28 bits per heavy atom. The summed E-state index contributed by atoms with van der Waals surface area (Å²) in [6, 6.07) is 40.1. The lowest BCUT2D eigenvalue weighted by Crippen LogP contribution is -2.29. The Morgan fingerprint density at radius 2 is 0.826 bits per heavy atom. The van der Waals surface area contributed by atoms with Crippen molar-refractivity contribution in [2.24, 2.45) is 0 Å². The zero-order valence-electron chi connectivity index (χ0n) is 26.3. The van der Waals surface area contributed by atoms with Gasteiger partial charge in [-0.05, 0) is 109 Å². The first kappa shape index (κ1) is 27.4. The highest BCUT2D eigenvalue weighted by molar-refractivity contribution is 6.22. The molecule has 0 bridgehead atoms. The number of hydrogen-bond acceptors (Lipinski definition) is 4. The summed E-state index contributed by atoms with van der Waals surface area (Å²) in [5, 5.41) is 7.29. The van der Waals surface area contributed by atoms with Gasteiger partial charge >= 0.3 is 0 Å². The molecular formula is C42H38N4. The summed E-state index contributed by atoms with van der Waals surface area (Å²) in [4.78, 5) is 15.7. The lowest BCUT2D eigenvalue weighted by atomic mass is 9.87. The number of benzene rings is 5. The number of para-hydroxylation sites is 2. The molecule has 0 N–H and O–H groups in total. The predicted octanol–water partition coefficient (Wildman–Crippen LogP) is 10.4. The second-order valence-electron chi connectivity index (χ2n) is 13.1. The molecule has 4 heteroatoms. The molecule has 0 spiro atoms. The molecule has 0 aliphatic carbocycles. The topological polar surface area (TPSA) is 32.3 Å². The van der Waals surface area contributed by atoms with Crippen LogP contribution in [0.1, 0.15) is 38.5 Å². The number of anilines is 2. The van der Waals surface area contributed by atoms with Crippen molar-refractivity contribution < 1.29 is 0 Å². The minimum atomic E-state index is 1.02. The SMILES string of the molecule is c1ccc2nc(-c3c4ccc(N5CCCCC5)cc4c(-c4ccc5ccccc5n4)c4ccc(N5CCCCC5)cc34)ccc2c1. The summed E-state index contributed by atoms with van der Waals surface area (Å²) >= 11 is 0. The fraction of sp³-hybridized carbons (Fsp3) is 0.238. The van der Waals surface area contributed by atoms with Gasteiger partial charge in [-0.3, -0.25) is 0 Å². The van der Waals surface area contributed by atoms with Crippen LogP contribution in [-0.2, 0) is 0 Å². The Kier molecular flexibility index (Phi) is 6.80. The van der Waals surface area contributed by atoms with Gasteiger partial charge in [0.25, 0.3) is 0 Å². The average molecular weight is 599 g/mol. The summed E-state index contributed by atoms with van der Waals surface area (Å²) in [6.45, 7) is 4.45. The number of rotatable bonds is 4. The molecule has 4 nitrogen and oxygen atoms in total. The molecule has 2 aliphatic rings. The number of hydrogen-bond donors (Lipinski definition) is 0. The van der Waals surface area contributed by atoms with Crippen LogP contribution in [0.4, 0.5) is 11.4 Å². The average Bonchev–Trinajstić information content (AvgIpc) is 3.13. The van der Waals surface area contributed by atoms with E-state index in [9.17, 15) is 0 Å². The van der Waals surface area contributed by atoms with E-state index >= 15 is 0 Å². The Bertz CT molecular complexity index is 2080. The summed E-state index contributed by atoms with van der Waals surface area (Å²) in [7, 11) is 0. The third-order valence-electron chi connectivity index (χ3n) is 10.2. The van der Waals surface area contributed by atoms with E-state index < -0.39 is 0 Å². The van der Waals surface area contributed by atoms with Gasteiger partial charge in [0.1, 0.15) is 0 Å². The highest BCUT2D eigenvalue weighted by Gasteiger charge is 2.22. The van der Waals surface area contributed by atoms with E-state index in [1.807, 2.05) is 0 Å². The number of piperidine rings is 2. The molecule has 226 valence electrons. The van der Waals surface area contributed by atoms with Crippen LogP contribution in [0.15, 0.2) is 109 Å². The number of nitrogens with zero attached hydrogens (tertiary/aromatic N) is 4. The molecular weight excluding hydrogens is 560 g/mol. The maximum Gasteiger partial charge on any atom is 0.0722 e. The molecule has 2 saturated heterocycles. The Morgan fingerprint density at radius 1 is 0.391 bits per heavy atom. The van der Waals surface area contributed by atoms with Crippen molar-refractivity contribution in [2.45, 2.75) is 38.5 Å². The summed E-state index contributed by atoms with van der Waals surface area (Å²) in [6.07, 6.45) is 7.64. The van der Waals surface area contributed by atoms with Gasteiger partial charge in [0, 0.05) is 59.5 Å². The molecule has 2 aromatic heterocycles. The van der Waals surface area contributed by atoms with Crippen LogP contribution in [0.2, 0.25) is 0 Å². The summed E-state index contributed by atoms with van der Waals surface area (Å²) in [5.41, 5.74) is 9.12. The molecule has 5 aromatic carbocycles. The van der Waals surface area contributed by atoms with Crippen molar-refractivity contribution in [2.75, 3.05) is 36.0 Å². The van der Waals surface area contributed by atoms with Crippen LogP contribution in [-0.4, -0.2) is 36.1 Å². The first-order chi connectivity index (χ1) is 22.8. The van der Waals surface area contributed by atoms with E-state index in [1.54, 1.807) is 0 Å². The second-order valence-corrected chi connectivity index (χ2v) is 13.1. The van der Waals surface area contributed by atoms with Crippen LogP contribution in [0.3, 0.4) is 0 Å². The monoisotopic (exact) mass is 598 g/mol. The fourth-order valence-corrected chi connectivity index (χ4v) is 7.86. The molecule has 7 aromatic rings. The molecule has 9 rings (SSSR count). The first-order valence-corrected chi connectivity index (χ1v) is 17.1. The maximum atomic E-state index is 5.30. The zero-order chi connectivity index (χ0) is 30.5. The third-order valence-corrected chi connectivity index (χ3v) is 10.2. The number of aromatic nitrogens is 2. The van der Waals surface area contributed by atoms with Crippen molar-refractivity contribution in [3.63, 3.8) is 0 Å². The fourth-order valence-electron chi connectivity index (χ4n) is 7.86. The smallest absolute Gasteiger partial charge is 0.0722 e. The molecule has 0 unspecified atom stereocenters. The lowest BCUT2D eigenvalue weighted by Gasteiger charge is -2.30. The molecule has 0 atom stereocenters. The van der Waals surface area contributed by atoms with E-state index in [1.165, 1.54) is 93.3 Å². The highest BCUT2D eigenvalue weighted by atomic mass is 15.1. The Balaban J connectivity index is 1.38. The van der Waals surface area contributed by atoms with Gasteiger partial charge in [0.2, 0.25) is 0 Å². The minimum absolute atomic E-state index is 1.02. The van der Waals surface area contributed by atoms with Gasteiger partial charge in [-0.25, -0.2) is 9.97 Å². The van der Waals surface area contributed by atoms with Crippen LogP contribution in [0.25, 0.3) is 65.9 Å². The van der Waals surface area contributed by atoms with Crippen molar-refractivity contribution in [1.82, 2.24) is 9.97 Å². The van der Waals surface area contributed by atoms with Gasteiger partial charge < -0.3 is 9.80 Å².